The van der Waals surface area contributed by atoms with Crippen LogP contribution in [-0.4, -0.2) is 31.6 Å². The van der Waals surface area contributed by atoms with Crippen LogP contribution in [0.2, 0.25) is 0 Å². The number of carbonyl (C=O) groups excluding carboxylic acids is 2. The Bertz CT molecular complexity index is 1060. The van der Waals surface area contributed by atoms with E-state index in [1.807, 2.05) is 26.0 Å². The number of aryl methyl sites for hydroxylation is 2. The average molecular weight is 431 g/mol. The van der Waals surface area contributed by atoms with Crippen LogP contribution in [0.1, 0.15) is 22.3 Å². The summed E-state index contributed by atoms with van der Waals surface area (Å²) < 4.78 is 39.1. The van der Waals surface area contributed by atoms with Crippen molar-refractivity contribution in [2.45, 2.75) is 33.3 Å². The van der Waals surface area contributed by atoms with Crippen LogP contribution in [0.3, 0.4) is 0 Å². The molecule has 0 aliphatic heterocycles. The highest BCUT2D eigenvalue weighted by molar-refractivity contribution is 5.87. The molecule has 1 amide bonds. The van der Waals surface area contributed by atoms with E-state index >= 15 is 0 Å². The molecule has 3 aromatic rings. The topological polar surface area (TPSA) is 77.8 Å². The maximum atomic E-state index is 12.1. The molecule has 0 aliphatic rings. The zero-order valence-corrected chi connectivity index (χ0v) is 17.2. The van der Waals surface area contributed by atoms with Gasteiger partial charge in [0.25, 0.3) is 5.91 Å². The van der Waals surface area contributed by atoms with E-state index in [1.54, 1.807) is 12.1 Å². The third-order valence-electron chi connectivity index (χ3n) is 4.85. The summed E-state index contributed by atoms with van der Waals surface area (Å²) in [6.45, 7) is 1.04. The number of hydrogen-bond donors (Lipinski definition) is 1. The Morgan fingerprint density at radius 3 is 2.52 bits per heavy atom. The van der Waals surface area contributed by atoms with Gasteiger partial charge in [0.05, 0.1) is 12.7 Å². The molecular formula is C23H23F2NO5. The molecule has 0 aliphatic carbocycles. The second-order valence-electron chi connectivity index (χ2n) is 7.15. The number of hydrogen-bond acceptors (Lipinski definition) is 5. The predicted octanol–water partition coefficient (Wildman–Crippen LogP) is 4.10. The molecule has 6 nitrogen and oxygen atoms in total. The molecule has 1 heterocycles. The molecule has 0 spiro atoms. The SMILES string of the molecule is Cc1cc2occ(CC(=O)OCC(=O)NCCc3ccc(OC(F)F)cc3)c2cc1C. The Hall–Kier alpha value is -3.42. The van der Waals surface area contributed by atoms with Gasteiger partial charge < -0.3 is 19.2 Å². The van der Waals surface area contributed by atoms with Crippen LogP contribution in [-0.2, 0) is 27.2 Å². The first-order valence-corrected chi connectivity index (χ1v) is 9.75. The van der Waals surface area contributed by atoms with Gasteiger partial charge in [0.1, 0.15) is 11.3 Å². The van der Waals surface area contributed by atoms with Crippen LogP contribution in [0.15, 0.2) is 47.1 Å². The number of benzene rings is 2. The quantitative estimate of drug-likeness (QED) is 0.516. The molecule has 0 saturated carbocycles. The highest BCUT2D eigenvalue weighted by atomic mass is 19.3. The molecule has 0 radical (unpaired) electrons. The molecule has 2 aromatic carbocycles. The van der Waals surface area contributed by atoms with Crippen LogP contribution >= 0.6 is 0 Å². The van der Waals surface area contributed by atoms with Crippen LogP contribution in [0, 0.1) is 13.8 Å². The molecule has 31 heavy (non-hydrogen) atoms. The van der Waals surface area contributed by atoms with Crippen molar-refractivity contribution in [2.75, 3.05) is 13.2 Å². The Labute approximate surface area is 178 Å². The second-order valence-corrected chi connectivity index (χ2v) is 7.15. The predicted molar refractivity (Wildman–Crippen MR) is 110 cm³/mol. The van der Waals surface area contributed by atoms with Gasteiger partial charge in [-0.2, -0.15) is 8.78 Å². The van der Waals surface area contributed by atoms with Gasteiger partial charge in [0, 0.05) is 17.5 Å². The fourth-order valence-electron chi connectivity index (χ4n) is 3.06. The summed E-state index contributed by atoms with van der Waals surface area (Å²) in [6, 6.07) is 10.0. The van der Waals surface area contributed by atoms with Crippen LogP contribution in [0.5, 0.6) is 5.75 Å². The smallest absolute Gasteiger partial charge is 0.387 e. The number of esters is 1. The molecule has 1 N–H and O–H groups in total. The Morgan fingerprint density at radius 2 is 1.81 bits per heavy atom. The van der Waals surface area contributed by atoms with Crippen molar-refractivity contribution < 1.29 is 32.3 Å². The van der Waals surface area contributed by atoms with E-state index in [0.717, 1.165) is 22.1 Å². The van der Waals surface area contributed by atoms with Crippen LogP contribution < -0.4 is 10.1 Å². The Kier molecular flexibility index (Phi) is 7.23. The van der Waals surface area contributed by atoms with Crippen LogP contribution in [0.25, 0.3) is 11.0 Å². The molecular weight excluding hydrogens is 408 g/mol. The summed E-state index contributed by atoms with van der Waals surface area (Å²) in [5.74, 6) is -0.870. The van der Waals surface area contributed by atoms with E-state index in [1.165, 1.54) is 18.4 Å². The number of furan rings is 1. The van der Waals surface area contributed by atoms with Gasteiger partial charge in [-0.15, -0.1) is 0 Å². The van der Waals surface area contributed by atoms with Crippen molar-refractivity contribution in [3.63, 3.8) is 0 Å². The number of halogens is 2. The molecule has 0 bridgehead atoms. The normalized spacial score (nSPS) is 11.0. The lowest BCUT2D eigenvalue weighted by atomic mass is 10.0. The van der Waals surface area contributed by atoms with Crippen molar-refractivity contribution in [1.29, 1.82) is 0 Å². The number of nitrogens with one attached hydrogen (secondary N) is 1. The van der Waals surface area contributed by atoms with Gasteiger partial charge in [-0.3, -0.25) is 9.59 Å². The third kappa shape index (κ3) is 6.28. The summed E-state index contributed by atoms with van der Waals surface area (Å²) in [7, 11) is 0. The van der Waals surface area contributed by atoms with Crippen molar-refractivity contribution in [3.05, 3.63) is 64.9 Å². The number of amides is 1. The van der Waals surface area contributed by atoms with E-state index in [0.29, 0.717) is 24.1 Å². The molecule has 8 heteroatoms. The number of ether oxygens (including phenoxy) is 2. The maximum absolute atomic E-state index is 12.1. The number of fused-ring (bicyclic) bond motifs is 1. The standard InChI is InChI=1S/C23H23F2NO5/c1-14-9-19-17(12-29-20(19)10-15(14)2)11-22(28)30-13-21(27)26-8-7-16-3-5-18(6-4-16)31-23(24)25/h3-6,9-10,12,23H,7-8,11,13H2,1-2H3,(H,26,27). The monoisotopic (exact) mass is 431 g/mol. The highest BCUT2D eigenvalue weighted by Gasteiger charge is 2.14. The second kappa shape index (κ2) is 10.1. The summed E-state index contributed by atoms with van der Waals surface area (Å²) in [5.41, 5.74) is 4.46. The van der Waals surface area contributed by atoms with Gasteiger partial charge in [0.15, 0.2) is 6.61 Å². The molecule has 3 rings (SSSR count). The molecule has 0 atom stereocenters. The zero-order valence-electron chi connectivity index (χ0n) is 17.2. The molecule has 0 fully saturated rings. The number of carbonyl (C=O) groups is 2. The van der Waals surface area contributed by atoms with Gasteiger partial charge in [0.2, 0.25) is 0 Å². The van der Waals surface area contributed by atoms with E-state index in [-0.39, 0.29) is 18.8 Å². The van der Waals surface area contributed by atoms with E-state index in [4.69, 9.17) is 9.15 Å². The minimum absolute atomic E-state index is 0.00974. The molecule has 0 unspecified atom stereocenters. The summed E-state index contributed by atoms with van der Waals surface area (Å²) >= 11 is 0. The van der Waals surface area contributed by atoms with Crippen LogP contribution in [0.4, 0.5) is 8.78 Å². The van der Waals surface area contributed by atoms with Crippen molar-refractivity contribution in [2.24, 2.45) is 0 Å². The largest absolute Gasteiger partial charge is 0.464 e. The molecule has 164 valence electrons. The van der Waals surface area contributed by atoms with Gasteiger partial charge in [-0.1, -0.05) is 12.1 Å². The maximum Gasteiger partial charge on any atom is 0.387 e. The zero-order chi connectivity index (χ0) is 22.4. The van der Waals surface area contributed by atoms with E-state index < -0.39 is 18.5 Å². The fraction of sp³-hybridized carbons (Fsp3) is 0.304. The van der Waals surface area contributed by atoms with Crippen molar-refractivity contribution >= 4 is 22.8 Å². The lowest BCUT2D eigenvalue weighted by Gasteiger charge is -2.08. The fourth-order valence-corrected chi connectivity index (χ4v) is 3.06. The summed E-state index contributed by atoms with van der Waals surface area (Å²) in [5, 5.41) is 3.51. The number of alkyl halides is 2. The Morgan fingerprint density at radius 1 is 1.10 bits per heavy atom. The minimum Gasteiger partial charge on any atom is -0.464 e. The Balaban J connectivity index is 1.40. The van der Waals surface area contributed by atoms with Gasteiger partial charge in [-0.25, -0.2) is 0 Å². The van der Waals surface area contributed by atoms with Gasteiger partial charge >= 0.3 is 12.6 Å². The van der Waals surface area contributed by atoms with E-state index in [9.17, 15) is 18.4 Å². The van der Waals surface area contributed by atoms with Crippen molar-refractivity contribution in [3.8, 4) is 5.75 Å². The third-order valence-corrected chi connectivity index (χ3v) is 4.85. The van der Waals surface area contributed by atoms with Gasteiger partial charge in [-0.05, 0) is 61.2 Å². The minimum atomic E-state index is -2.87. The molecule has 0 saturated heterocycles. The lowest BCUT2D eigenvalue weighted by molar-refractivity contribution is -0.147. The first-order valence-electron chi connectivity index (χ1n) is 9.75. The molecule has 1 aromatic heterocycles. The average Bonchev–Trinajstić information content (AvgIpc) is 3.09. The first-order chi connectivity index (χ1) is 14.8. The summed E-state index contributed by atoms with van der Waals surface area (Å²) in [4.78, 5) is 24.0. The lowest BCUT2D eigenvalue weighted by Crippen LogP contribution is -2.30. The van der Waals surface area contributed by atoms with Crippen molar-refractivity contribution in [1.82, 2.24) is 5.32 Å². The van der Waals surface area contributed by atoms with E-state index in [2.05, 4.69) is 10.1 Å². The first kappa shape index (κ1) is 22.3. The number of rotatable bonds is 9. The summed E-state index contributed by atoms with van der Waals surface area (Å²) in [6.07, 6.45) is 2.03. The highest BCUT2D eigenvalue weighted by Crippen LogP contribution is 2.25.